The molecular weight excluding hydrogens is 218 g/mol. The second-order valence-electron chi connectivity index (χ2n) is 2.97. The summed E-state index contributed by atoms with van der Waals surface area (Å²) in [7, 11) is 1.11. The molecule has 6 heteroatoms. The van der Waals surface area contributed by atoms with Crippen LogP contribution in [0.5, 0.6) is 0 Å². The highest BCUT2D eigenvalue weighted by molar-refractivity contribution is 5.87. The van der Waals surface area contributed by atoms with Crippen molar-refractivity contribution in [2.24, 2.45) is 0 Å². The quantitative estimate of drug-likeness (QED) is 0.723. The number of aromatic nitrogens is 1. The predicted octanol–water partition coefficient (Wildman–Crippen LogP) is 1.99. The number of pyridine rings is 1. The van der Waals surface area contributed by atoms with Crippen LogP contribution in [0.1, 0.15) is 33.7 Å². The van der Waals surface area contributed by atoms with Gasteiger partial charge in [-0.05, 0) is 18.6 Å². The monoisotopic (exact) mass is 226 g/mol. The molecule has 1 heterocycles. The van der Waals surface area contributed by atoms with Gasteiger partial charge in [-0.1, -0.05) is 0 Å². The minimum absolute atomic E-state index is 0.00861. The molecular formula is C10H8F2N2O2. The summed E-state index contributed by atoms with van der Waals surface area (Å²) in [5.74, 6) is -0.849. The number of nitriles is 1. The summed E-state index contributed by atoms with van der Waals surface area (Å²) in [4.78, 5) is 14.6. The lowest BCUT2D eigenvalue weighted by atomic mass is 10.1. The summed E-state index contributed by atoms with van der Waals surface area (Å²) in [5, 5.41) is 8.73. The zero-order valence-corrected chi connectivity index (χ0v) is 8.62. The number of carbonyl (C=O) groups is 1. The third-order valence-electron chi connectivity index (χ3n) is 2.03. The van der Waals surface area contributed by atoms with Gasteiger partial charge in [-0.3, -0.25) is 0 Å². The summed E-state index contributed by atoms with van der Waals surface area (Å²) in [6.45, 7) is 1.36. The number of ether oxygens (including phenoxy) is 1. The van der Waals surface area contributed by atoms with Crippen LogP contribution in [-0.2, 0) is 4.74 Å². The Hall–Kier alpha value is -2.03. The fraction of sp³-hybridized carbons (Fsp3) is 0.300. The van der Waals surface area contributed by atoms with Crippen molar-refractivity contribution in [1.29, 1.82) is 5.26 Å². The number of esters is 1. The number of methoxy groups -OCH3 is 1. The molecule has 0 aliphatic rings. The Kier molecular flexibility index (Phi) is 3.51. The lowest BCUT2D eigenvalue weighted by Gasteiger charge is -2.07. The highest BCUT2D eigenvalue weighted by Gasteiger charge is 2.19. The fourth-order valence-electron chi connectivity index (χ4n) is 1.17. The van der Waals surface area contributed by atoms with Crippen molar-refractivity contribution >= 4 is 5.97 Å². The number of alkyl halides is 2. The first kappa shape index (κ1) is 12.0. The normalized spacial score (nSPS) is 10.0. The Morgan fingerprint density at radius 2 is 2.25 bits per heavy atom. The third kappa shape index (κ3) is 2.14. The summed E-state index contributed by atoms with van der Waals surface area (Å²) in [6.07, 6.45) is -2.84. The molecule has 0 saturated carbocycles. The Labute approximate surface area is 90.5 Å². The van der Waals surface area contributed by atoms with E-state index < -0.39 is 18.1 Å². The van der Waals surface area contributed by atoms with E-state index in [9.17, 15) is 13.6 Å². The predicted molar refractivity (Wildman–Crippen MR) is 50.0 cm³/mol. The van der Waals surface area contributed by atoms with Gasteiger partial charge in [0.1, 0.15) is 11.4 Å². The summed E-state index contributed by atoms with van der Waals surface area (Å²) in [6, 6.07) is 2.86. The van der Waals surface area contributed by atoms with E-state index in [1.165, 1.54) is 6.92 Å². The molecule has 1 aromatic heterocycles. The average Bonchev–Trinajstić information content (AvgIpc) is 2.27. The topological polar surface area (TPSA) is 63.0 Å². The largest absolute Gasteiger partial charge is 0.464 e. The number of hydrogen-bond donors (Lipinski definition) is 0. The van der Waals surface area contributed by atoms with Crippen molar-refractivity contribution in [2.75, 3.05) is 7.11 Å². The van der Waals surface area contributed by atoms with Crippen LogP contribution < -0.4 is 0 Å². The molecule has 4 nitrogen and oxygen atoms in total. The van der Waals surface area contributed by atoms with Crippen LogP contribution in [-0.4, -0.2) is 18.1 Å². The van der Waals surface area contributed by atoms with E-state index in [4.69, 9.17) is 5.26 Å². The number of halogens is 2. The van der Waals surface area contributed by atoms with E-state index in [1.54, 1.807) is 6.07 Å². The second-order valence-corrected chi connectivity index (χ2v) is 2.97. The zero-order valence-electron chi connectivity index (χ0n) is 8.62. The van der Waals surface area contributed by atoms with Crippen LogP contribution in [0.15, 0.2) is 6.07 Å². The van der Waals surface area contributed by atoms with Crippen molar-refractivity contribution in [3.63, 3.8) is 0 Å². The molecule has 0 bridgehead atoms. The maximum absolute atomic E-state index is 12.6. The minimum atomic E-state index is -2.84. The van der Waals surface area contributed by atoms with Gasteiger partial charge in [-0.2, -0.15) is 5.26 Å². The van der Waals surface area contributed by atoms with Crippen molar-refractivity contribution in [3.8, 4) is 6.07 Å². The lowest BCUT2D eigenvalue weighted by molar-refractivity contribution is 0.0592. The highest BCUT2D eigenvalue weighted by Crippen LogP contribution is 2.23. The van der Waals surface area contributed by atoms with Gasteiger partial charge in [0, 0.05) is 0 Å². The zero-order chi connectivity index (χ0) is 12.3. The number of hydrogen-bond acceptors (Lipinski definition) is 4. The fourth-order valence-corrected chi connectivity index (χ4v) is 1.17. The first-order valence-corrected chi connectivity index (χ1v) is 4.29. The molecule has 0 unspecified atom stereocenters. The standard InChI is InChI=1S/C10H8F2N2O2/c1-5-6(4-13)3-7(10(15)16-2)14-8(5)9(11)12/h3,9H,1-2H3. The van der Waals surface area contributed by atoms with Crippen molar-refractivity contribution in [2.45, 2.75) is 13.3 Å². The molecule has 84 valence electrons. The smallest absolute Gasteiger partial charge is 0.356 e. The summed E-state index contributed by atoms with van der Waals surface area (Å²) < 4.78 is 29.5. The Morgan fingerprint density at radius 3 is 2.69 bits per heavy atom. The van der Waals surface area contributed by atoms with E-state index in [0.29, 0.717) is 0 Å². The third-order valence-corrected chi connectivity index (χ3v) is 2.03. The first-order chi connectivity index (χ1) is 7.51. The van der Waals surface area contributed by atoms with Crippen LogP contribution in [0, 0.1) is 18.3 Å². The Balaban J connectivity index is 3.41. The molecule has 0 spiro atoms. The molecule has 1 aromatic rings. The Morgan fingerprint density at radius 1 is 1.62 bits per heavy atom. The SMILES string of the molecule is COC(=O)c1cc(C#N)c(C)c(C(F)F)n1. The lowest BCUT2D eigenvalue weighted by Crippen LogP contribution is -2.09. The van der Waals surface area contributed by atoms with Crippen molar-refractivity contribution in [3.05, 3.63) is 28.6 Å². The molecule has 0 atom stereocenters. The maximum atomic E-state index is 12.6. The molecule has 0 N–H and O–H groups in total. The molecule has 0 amide bonds. The van der Waals surface area contributed by atoms with Crippen LogP contribution in [0.3, 0.4) is 0 Å². The van der Waals surface area contributed by atoms with E-state index in [1.807, 2.05) is 0 Å². The van der Waals surface area contributed by atoms with Crippen LogP contribution in [0.2, 0.25) is 0 Å². The van der Waals surface area contributed by atoms with Crippen LogP contribution in [0.4, 0.5) is 8.78 Å². The van der Waals surface area contributed by atoms with Gasteiger partial charge in [0.15, 0.2) is 0 Å². The minimum Gasteiger partial charge on any atom is -0.464 e. The van der Waals surface area contributed by atoms with Gasteiger partial charge in [0.05, 0.1) is 18.7 Å². The van der Waals surface area contributed by atoms with Gasteiger partial charge in [-0.15, -0.1) is 0 Å². The van der Waals surface area contributed by atoms with E-state index >= 15 is 0 Å². The van der Waals surface area contributed by atoms with Gasteiger partial charge in [-0.25, -0.2) is 18.6 Å². The second kappa shape index (κ2) is 4.66. The van der Waals surface area contributed by atoms with Crippen molar-refractivity contribution < 1.29 is 18.3 Å². The average molecular weight is 226 g/mol. The van der Waals surface area contributed by atoms with E-state index in [2.05, 4.69) is 9.72 Å². The van der Waals surface area contributed by atoms with Crippen LogP contribution in [0.25, 0.3) is 0 Å². The number of carbonyl (C=O) groups excluding carboxylic acids is 1. The maximum Gasteiger partial charge on any atom is 0.356 e. The van der Waals surface area contributed by atoms with Gasteiger partial charge in [0.25, 0.3) is 6.43 Å². The number of rotatable bonds is 2. The Bertz CT molecular complexity index is 467. The molecule has 16 heavy (non-hydrogen) atoms. The van der Waals surface area contributed by atoms with Gasteiger partial charge in [0.2, 0.25) is 0 Å². The molecule has 1 rings (SSSR count). The molecule has 0 aromatic carbocycles. The molecule has 0 saturated heterocycles. The van der Waals surface area contributed by atoms with Gasteiger partial charge < -0.3 is 4.74 Å². The highest BCUT2D eigenvalue weighted by atomic mass is 19.3. The van der Waals surface area contributed by atoms with Crippen molar-refractivity contribution in [1.82, 2.24) is 4.98 Å². The molecule has 0 fully saturated rings. The van der Waals surface area contributed by atoms with Crippen LogP contribution >= 0.6 is 0 Å². The molecule has 0 radical (unpaired) electrons. The van der Waals surface area contributed by atoms with E-state index in [-0.39, 0.29) is 16.8 Å². The molecule has 0 aliphatic carbocycles. The van der Waals surface area contributed by atoms with Gasteiger partial charge >= 0.3 is 5.97 Å². The van der Waals surface area contributed by atoms with E-state index in [0.717, 1.165) is 13.2 Å². The first-order valence-electron chi connectivity index (χ1n) is 4.29. The summed E-state index contributed by atoms with van der Waals surface area (Å²) >= 11 is 0. The number of nitrogens with zero attached hydrogens (tertiary/aromatic N) is 2. The molecule has 0 aliphatic heterocycles. The summed E-state index contributed by atoms with van der Waals surface area (Å²) in [5.41, 5.74) is -0.796.